The first-order valence-corrected chi connectivity index (χ1v) is 5.04. The number of hydrogen-bond acceptors (Lipinski definition) is 3. The van der Waals surface area contributed by atoms with Gasteiger partial charge >= 0.3 is 5.97 Å². The Morgan fingerprint density at radius 2 is 2.14 bits per heavy atom. The Kier molecular flexibility index (Phi) is 2.27. The third-order valence-corrected chi connectivity index (χ3v) is 3.15. The molecule has 1 saturated carbocycles. The minimum atomic E-state index is -0.699. The van der Waals surface area contributed by atoms with Gasteiger partial charge in [-0.15, -0.1) is 0 Å². The van der Waals surface area contributed by atoms with E-state index in [9.17, 15) is 4.79 Å². The molecule has 0 aromatic rings. The third kappa shape index (κ3) is 1.64. The monoisotopic (exact) mass is 200 g/mol. The molecule has 0 spiro atoms. The van der Waals surface area contributed by atoms with Crippen LogP contribution in [-0.2, 0) is 14.3 Å². The maximum atomic E-state index is 10.8. The quantitative estimate of drug-likeness (QED) is 0.728. The summed E-state index contributed by atoms with van der Waals surface area (Å²) in [5.74, 6) is -1.31. The van der Waals surface area contributed by atoms with Gasteiger partial charge in [0.25, 0.3) is 0 Å². The van der Waals surface area contributed by atoms with E-state index < -0.39 is 11.8 Å². The van der Waals surface area contributed by atoms with Crippen molar-refractivity contribution in [2.24, 2.45) is 11.8 Å². The van der Waals surface area contributed by atoms with Gasteiger partial charge in [0, 0.05) is 5.92 Å². The van der Waals surface area contributed by atoms with Crippen LogP contribution in [0.1, 0.15) is 26.7 Å². The lowest BCUT2D eigenvalue weighted by Gasteiger charge is -2.37. The zero-order valence-corrected chi connectivity index (χ0v) is 8.53. The molecular formula is C10H16O4. The maximum absolute atomic E-state index is 10.8. The van der Waals surface area contributed by atoms with Gasteiger partial charge in [0.1, 0.15) is 0 Å². The molecule has 1 saturated heterocycles. The normalized spacial score (nSPS) is 40.6. The van der Waals surface area contributed by atoms with Crippen molar-refractivity contribution in [3.63, 3.8) is 0 Å². The van der Waals surface area contributed by atoms with Crippen LogP contribution in [0.5, 0.6) is 0 Å². The highest BCUT2D eigenvalue weighted by molar-refractivity contribution is 5.71. The SMILES string of the molecule is CC1(C)OC[C@@H]([C@H]2CC[C@@H]2C(=O)O)O1. The van der Waals surface area contributed by atoms with Crippen LogP contribution in [0.25, 0.3) is 0 Å². The molecule has 3 atom stereocenters. The van der Waals surface area contributed by atoms with E-state index in [4.69, 9.17) is 14.6 Å². The smallest absolute Gasteiger partial charge is 0.306 e. The van der Waals surface area contributed by atoms with Crippen molar-refractivity contribution in [3.8, 4) is 0 Å². The summed E-state index contributed by atoms with van der Waals surface area (Å²) >= 11 is 0. The predicted molar refractivity (Wildman–Crippen MR) is 48.8 cm³/mol. The molecule has 0 amide bonds. The molecule has 0 aromatic heterocycles. The number of carboxylic acid groups (broad SMARTS) is 1. The lowest BCUT2D eigenvalue weighted by Crippen LogP contribution is -2.42. The number of aliphatic carboxylic acids is 1. The topological polar surface area (TPSA) is 55.8 Å². The second-order valence-corrected chi connectivity index (χ2v) is 4.55. The molecule has 0 unspecified atom stereocenters. The van der Waals surface area contributed by atoms with Gasteiger partial charge in [-0.3, -0.25) is 4.79 Å². The van der Waals surface area contributed by atoms with Gasteiger partial charge < -0.3 is 14.6 Å². The average molecular weight is 200 g/mol. The number of rotatable bonds is 2. The molecule has 2 fully saturated rings. The summed E-state index contributed by atoms with van der Waals surface area (Å²) in [7, 11) is 0. The summed E-state index contributed by atoms with van der Waals surface area (Å²) in [5.41, 5.74) is 0. The summed E-state index contributed by atoms with van der Waals surface area (Å²) in [5, 5.41) is 8.90. The van der Waals surface area contributed by atoms with Crippen molar-refractivity contribution in [3.05, 3.63) is 0 Å². The molecule has 1 N–H and O–H groups in total. The van der Waals surface area contributed by atoms with Crippen LogP contribution in [0.3, 0.4) is 0 Å². The van der Waals surface area contributed by atoms with E-state index in [1.54, 1.807) is 0 Å². The molecule has 1 aliphatic carbocycles. The van der Waals surface area contributed by atoms with Crippen LogP contribution >= 0.6 is 0 Å². The van der Waals surface area contributed by atoms with E-state index in [1.807, 2.05) is 13.8 Å². The van der Waals surface area contributed by atoms with E-state index in [0.717, 1.165) is 12.8 Å². The molecule has 80 valence electrons. The molecular weight excluding hydrogens is 184 g/mol. The highest BCUT2D eigenvalue weighted by atomic mass is 16.7. The average Bonchev–Trinajstić information content (AvgIpc) is 2.26. The zero-order valence-electron chi connectivity index (χ0n) is 8.53. The van der Waals surface area contributed by atoms with E-state index in [0.29, 0.717) is 6.61 Å². The van der Waals surface area contributed by atoms with Gasteiger partial charge in [-0.2, -0.15) is 0 Å². The van der Waals surface area contributed by atoms with Crippen molar-refractivity contribution >= 4 is 5.97 Å². The van der Waals surface area contributed by atoms with Gasteiger partial charge in [0.15, 0.2) is 5.79 Å². The van der Waals surface area contributed by atoms with Crippen LogP contribution in [0.2, 0.25) is 0 Å². The highest BCUT2D eigenvalue weighted by Crippen LogP contribution is 2.41. The zero-order chi connectivity index (χ0) is 10.3. The lowest BCUT2D eigenvalue weighted by molar-refractivity contribution is -0.165. The summed E-state index contributed by atoms with van der Waals surface area (Å²) < 4.78 is 11.1. The molecule has 4 nitrogen and oxygen atoms in total. The first-order valence-electron chi connectivity index (χ1n) is 5.04. The van der Waals surface area contributed by atoms with Crippen molar-refractivity contribution in [1.82, 2.24) is 0 Å². The molecule has 0 bridgehead atoms. The Bertz CT molecular complexity index is 249. The number of carboxylic acids is 1. The van der Waals surface area contributed by atoms with Crippen molar-refractivity contribution in [2.75, 3.05) is 6.61 Å². The summed E-state index contributed by atoms with van der Waals surface area (Å²) in [6.07, 6.45) is 1.70. The first-order chi connectivity index (χ1) is 6.49. The number of hydrogen-bond donors (Lipinski definition) is 1. The molecule has 14 heavy (non-hydrogen) atoms. The molecule has 1 aliphatic heterocycles. The molecule has 2 rings (SSSR count). The van der Waals surface area contributed by atoms with Crippen LogP contribution < -0.4 is 0 Å². The molecule has 2 aliphatic rings. The molecule has 1 heterocycles. The second kappa shape index (κ2) is 3.21. The molecule has 0 aromatic carbocycles. The fraction of sp³-hybridized carbons (Fsp3) is 0.900. The van der Waals surface area contributed by atoms with Crippen molar-refractivity contribution < 1.29 is 19.4 Å². The fourth-order valence-electron chi connectivity index (χ4n) is 2.20. The van der Waals surface area contributed by atoms with Gasteiger partial charge in [0.05, 0.1) is 18.6 Å². The third-order valence-electron chi connectivity index (χ3n) is 3.15. The Labute approximate surface area is 83.2 Å². The van der Waals surface area contributed by atoms with Crippen molar-refractivity contribution in [2.45, 2.75) is 38.6 Å². The van der Waals surface area contributed by atoms with Gasteiger partial charge in [-0.05, 0) is 26.7 Å². The van der Waals surface area contributed by atoms with E-state index in [-0.39, 0.29) is 17.9 Å². The predicted octanol–water partition coefficient (Wildman–Crippen LogP) is 1.25. The standard InChI is InChI=1S/C10H16O4/c1-10(2)13-5-8(14-10)6-3-4-7(6)9(11)12/h6-8H,3-5H2,1-2H3,(H,11,12)/t6-,7-,8-/m0/s1. The molecule has 4 heteroatoms. The van der Waals surface area contributed by atoms with Gasteiger partial charge in [0.2, 0.25) is 0 Å². The highest BCUT2D eigenvalue weighted by Gasteiger charge is 2.47. The van der Waals surface area contributed by atoms with Gasteiger partial charge in [-0.25, -0.2) is 0 Å². The summed E-state index contributed by atoms with van der Waals surface area (Å²) in [6, 6.07) is 0. The Balaban J connectivity index is 1.94. The second-order valence-electron chi connectivity index (χ2n) is 4.55. The van der Waals surface area contributed by atoms with Crippen LogP contribution in [0.4, 0.5) is 0 Å². The Morgan fingerprint density at radius 1 is 1.43 bits per heavy atom. The minimum absolute atomic E-state index is 0.0279. The largest absolute Gasteiger partial charge is 0.481 e. The molecule has 0 radical (unpaired) electrons. The van der Waals surface area contributed by atoms with E-state index in [1.165, 1.54) is 0 Å². The fourth-order valence-corrected chi connectivity index (χ4v) is 2.20. The van der Waals surface area contributed by atoms with Gasteiger partial charge in [-0.1, -0.05) is 0 Å². The van der Waals surface area contributed by atoms with E-state index in [2.05, 4.69) is 0 Å². The summed E-state index contributed by atoms with van der Waals surface area (Å²) in [4.78, 5) is 10.8. The number of carbonyl (C=O) groups is 1. The van der Waals surface area contributed by atoms with Crippen molar-refractivity contribution in [1.29, 1.82) is 0 Å². The number of ether oxygens (including phenoxy) is 2. The lowest BCUT2D eigenvalue weighted by atomic mass is 9.71. The van der Waals surface area contributed by atoms with Crippen LogP contribution in [0.15, 0.2) is 0 Å². The van der Waals surface area contributed by atoms with E-state index >= 15 is 0 Å². The first kappa shape index (κ1) is 9.93. The van der Waals surface area contributed by atoms with Crippen LogP contribution in [-0.4, -0.2) is 29.6 Å². The van der Waals surface area contributed by atoms with Crippen LogP contribution in [0, 0.1) is 11.8 Å². The minimum Gasteiger partial charge on any atom is -0.481 e. The summed E-state index contributed by atoms with van der Waals surface area (Å²) in [6.45, 7) is 4.25. The Hall–Kier alpha value is -0.610. The maximum Gasteiger partial charge on any atom is 0.306 e. The Morgan fingerprint density at radius 3 is 2.50 bits per heavy atom.